The Bertz CT molecular complexity index is 643. The summed E-state index contributed by atoms with van der Waals surface area (Å²) in [5.74, 6) is 0. The van der Waals surface area contributed by atoms with E-state index in [0.717, 1.165) is 23.5 Å². The normalized spacial score (nSPS) is 11.2. The first-order valence-electron chi connectivity index (χ1n) is 5.36. The van der Waals surface area contributed by atoms with Gasteiger partial charge in [0.05, 0.1) is 5.56 Å². The van der Waals surface area contributed by atoms with Crippen LogP contribution in [-0.2, 0) is 12.7 Å². The Labute approximate surface area is 121 Å². The number of aromatic nitrogens is 1. The minimum atomic E-state index is -4.34. The fourth-order valence-electron chi connectivity index (χ4n) is 1.44. The van der Waals surface area contributed by atoms with Gasteiger partial charge in [-0.25, -0.2) is 4.98 Å². The third-order valence-corrected chi connectivity index (χ3v) is 3.72. The maximum absolute atomic E-state index is 12.4. The lowest BCUT2D eigenvalue weighted by Gasteiger charge is -2.07. The van der Waals surface area contributed by atoms with Gasteiger partial charge in [0.2, 0.25) is 0 Å². The smallest absolute Gasteiger partial charge is 0.357 e. The van der Waals surface area contributed by atoms with Gasteiger partial charge in [0.1, 0.15) is 10.9 Å². The summed E-state index contributed by atoms with van der Waals surface area (Å²) in [6, 6.07) is 6.71. The molecule has 0 aliphatic heterocycles. The predicted molar refractivity (Wildman–Crippen MR) is 70.6 cm³/mol. The van der Waals surface area contributed by atoms with Crippen molar-refractivity contribution in [1.82, 2.24) is 4.98 Å². The zero-order valence-corrected chi connectivity index (χ0v) is 11.4. The number of nitriles is 1. The van der Waals surface area contributed by atoms with Gasteiger partial charge in [0, 0.05) is 6.54 Å². The highest BCUT2D eigenvalue weighted by Gasteiger charge is 2.29. The number of anilines is 1. The van der Waals surface area contributed by atoms with Crippen molar-refractivity contribution in [2.75, 3.05) is 5.32 Å². The van der Waals surface area contributed by atoms with E-state index >= 15 is 0 Å². The van der Waals surface area contributed by atoms with Gasteiger partial charge in [0.15, 0.2) is 10.3 Å². The largest absolute Gasteiger partial charge is 0.416 e. The van der Waals surface area contributed by atoms with E-state index in [1.54, 1.807) is 0 Å². The first kappa shape index (κ1) is 14.6. The number of nitrogens with one attached hydrogen (secondary N) is 1. The average molecular weight is 318 g/mol. The second kappa shape index (κ2) is 5.69. The Hall–Kier alpha value is -1.78. The Kier molecular flexibility index (Phi) is 4.16. The summed E-state index contributed by atoms with van der Waals surface area (Å²) in [6.07, 6.45) is -4.34. The van der Waals surface area contributed by atoms with Gasteiger partial charge in [-0.1, -0.05) is 35.1 Å². The van der Waals surface area contributed by atoms with Crippen molar-refractivity contribution in [3.8, 4) is 6.07 Å². The molecule has 8 heteroatoms. The standard InChI is InChI=1S/C12H7ClF3N3S/c13-10-9(5-17)20-11(19-10)18-6-7-1-3-8(4-2-7)12(14,15)16/h1-4H,6H2,(H,18,19). The number of benzene rings is 1. The average Bonchev–Trinajstić information content (AvgIpc) is 2.76. The monoisotopic (exact) mass is 317 g/mol. The Morgan fingerprint density at radius 3 is 2.45 bits per heavy atom. The molecule has 1 aromatic heterocycles. The predicted octanol–water partition coefficient (Wildman–Crippen LogP) is 4.30. The van der Waals surface area contributed by atoms with Gasteiger partial charge in [-0.2, -0.15) is 18.4 Å². The van der Waals surface area contributed by atoms with Crippen LogP contribution >= 0.6 is 22.9 Å². The van der Waals surface area contributed by atoms with E-state index in [0.29, 0.717) is 22.1 Å². The number of nitrogens with zero attached hydrogens (tertiary/aromatic N) is 2. The molecule has 20 heavy (non-hydrogen) atoms. The van der Waals surface area contributed by atoms with Crippen LogP contribution < -0.4 is 5.32 Å². The van der Waals surface area contributed by atoms with Crippen LogP contribution in [0.25, 0.3) is 0 Å². The molecule has 0 unspecified atom stereocenters. The minimum Gasteiger partial charge on any atom is -0.357 e. The molecule has 1 aromatic carbocycles. The molecule has 0 fully saturated rings. The molecule has 104 valence electrons. The molecule has 3 nitrogen and oxygen atoms in total. The van der Waals surface area contributed by atoms with Crippen molar-refractivity contribution in [2.24, 2.45) is 0 Å². The summed E-state index contributed by atoms with van der Waals surface area (Å²) in [7, 11) is 0. The van der Waals surface area contributed by atoms with E-state index in [1.165, 1.54) is 12.1 Å². The minimum absolute atomic E-state index is 0.118. The van der Waals surface area contributed by atoms with Crippen molar-refractivity contribution < 1.29 is 13.2 Å². The highest BCUT2D eigenvalue weighted by atomic mass is 35.5. The first-order valence-corrected chi connectivity index (χ1v) is 6.56. The summed E-state index contributed by atoms with van der Waals surface area (Å²) in [6.45, 7) is 0.298. The Morgan fingerprint density at radius 2 is 1.95 bits per heavy atom. The zero-order chi connectivity index (χ0) is 14.8. The van der Waals surface area contributed by atoms with E-state index in [2.05, 4.69) is 10.3 Å². The number of thiazole rings is 1. The molecule has 1 heterocycles. The van der Waals surface area contributed by atoms with Crippen LogP contribution in [0.15, 0.2) is 24.3 Å². The van der Waals surface area contributed by atoms with E-state index in [1.807, 2.05) is 6.07 Å². The number of rotatable bonds is 3. The zero-order valence-electron chi connectivity index (χ0n) is 9.83. The maximum Gasteiger partial charge on any atom is 0.416 e. The van der Waals surface area contributed by atoms with Crippen LogP contribution in [0.4, 0.5) is 18.3 Å². The number of halogens is 4. The molecule has 0 amide bonds. The van der Waals surface area contributed by atoms with Crippen molar-refractivity contribution >= 4 is 28.1 Å². The summed E-state index contributed by atoms with van der Waals surface area (Å²) in [5, 5.41) is 12.2. The van der Waals surface area contributed by atoms with Crippen molar-refractivity contribution in [1.29, 1.82) is 5.26 Å². The lowest BCUT2D eigenvalue weighted by Crippen LogP contribution is -2.05. The Balaban J connectivity index is 2.02. The molecule has 1 N–H and O–H groups in total. The molecule has 0 saturated heterocycles. The second-order valence-corrected chi connectivity index (χ2v) is 5.16. The summed E-state index contributed by atoms with van der Waals surface area (Å²) >= 11 is 6.80. The molecule has 0 aliphatic carbocycles. The molecule has 0 aliphatic rings. The van der Waals surface area contributed by atoms with Crippen molar-refractivity contribution in [2.45, 2.75) is 12.7 Å². The van der Waals surface area contributed by atoms with E-state index < -0.39 is 11.7 Å². The van der Waals surface area contributed by atoms with Gasteiger partial charge in [-0.15, -0.1) is 0 Å². The Morgan fingerprint density at radius 1 is 1.30 bits per heavy atom. The molecule has 0 bridgehead atoms. The van der Waals surface area contributed by atoms with Gasteiger partial charge in [-0.05, 0) is 17.7 Å². The topological polar surface area (TPSA) is 48.7 Å². The molecule has 0 radical (unpaired) electrons. The van der Waals surface area contributed by atoms with Crippen LogP contribution in [0.3, 0.4) is 0 Å². The first-order chi connectivity index (χ1) is 9.40. The van der Waals surface area contributed by atoms with Crippen molar-refractivity contribution in [3.05, 3.63) is 45.4 Å². The molecule has 2 rings (SSSR count). The molecule has 2 aromatic rings. The third-order valence-electron chi connectivity index (χ3n) is 2.41. The van der Waals surface area contributed by atoms with E-state index in [-0.39, 0.29) is 5.15 Å². The van der Waals surface area contributed by atoms with Crippen molar-refractivity contribution in [3.63, 3.8) is 0 Å². The van der Waals surface area contributed by atoms with Gasteiger partial charge in [-0.3, -0.25) is 0 Å². The van der Waals surface area contributed by atoms with Crippen LogP contribution in [0.5, 0.6) is 0 Å². The maximum atomic E-state index is 12.4. The second-order valence-electron chi connectivity index (χ2n) is 3.80. The van der Waals surface area contributed by atoms with E-state index in [4.69, 9.17) is 16.9 Å². The lowest BCUT2D eigenvalue weighted by atomic mass is 10.1. The third kappa shape index (κ3) is 3.40. The lowest BCUT2D eigenvalue weighted by molar-refractivity contribution is -0.137. The summed E-state index contributed by atoms with van der Waals surface area (Å²) < 4.78 is 37.2. The van der Waals surface area contributed by atoms with Crippen LogP contribution in [0.2, 0.25) is 5.15 Å². The van der Waals surface area contributed by atoms with Crippen LogP contribution in [0, 0.1) is 11.3 Å². The fourth-order valence-corrected chi connectivity index (χ4v) is 2.38. The van der Waals surface area contributed by atoms with Gasteiger partial charge in [0.25, 0.3) is 0 Å². The fraction of sp³-hybridized carbons (Fsp3) is 0.167. The number of alkyl halides is 3. The molecular formula is C12H7ClF3N3S. The van der Waals surface area contributed by atoms with Crippen LogP contribution in [0.1, 0.15) is 16.0 Å². The summed E-state index contributed by atoms with van der Waals surface area (Å²) in [5.41, 5.74) is -0.0202. The number of hydrogen-bond donors (Lipinski definition) is 1. The molecule has 0 saturated carbocycles. The van der Waals surface area contributed by atoms with Gasteiger partial charge < -0.3 is 5.32 Å². The number of hydrogen-bond acceptors (Lipinski definition) is 4. The SMILES string of the molecule is N#Cc1sc(NCc2ccc(C(F)(F)F)cc2)nc1Cl. The highest BCUT2D eigenvalue weighted by Crippen LogP contribution is 2.29. The molecule has 0 atom stereocenters. The van der Waals surface area contributed by atoms with Crippen LogP contribution in [-0.4, -0.2) is 4.98 Å². The van der Waals surface area contributed by atoms with Gasteiger partial charge >= 0.3 is 6.18 Å². The highest BCUT2D eigenvalue weighted by molar-refractivity contribution is 7.16. The summed E-state index contributed by atoms with van der Waals surface area (Å²) in [4.78, 5) is 4.22. The molecular weight excluding hydrogens is 311 g/mol. The molecule has 0 spiro atoms. The van der Waals surface area contributed by atoms with E-state index in [9.17, 15) is 13.2 Å². The quantitative estimate of drug-likeness (QED) is 0.918.